The maximum Gasteiger partial charge on any atom is 0.433 e. The summed E-state index contributed by atoms with van der Waals surface area (Å²) in [5.74, 6) is 1.01. The van der Waals surface area contributed by atoms with Crippen LogP contribution >= 0.6 is 0 Å². The van der Waals surface area contributed by atoms with Crippen LogP contribution in [0.4, 0.5) is 13.2 Å². The lowest BCUT2D eigenvalue weighted by molar-refractivity contribution is -0.144. The van der Waals surface area contributed by atoms with Crippen molar-refractivity contribution in [3.63, 3.8) is 0 Å². The molecule has 1 aliphatic heterocycles. The number of rotatable bonds is 3. The molecule has 0 N–H and O–H groups in total. The summed E-state index contributed by atoms with van der Waals surface area (Å²) in [5, 5.41) is 3.84. The van der Waals surface area contributed by atoms with Gasteiger partial charge in [0.05, 0.1) is 17.9 Å². The van der Waals surface area contributed by atoms with Crippen LogP contribution in [0, 0.1) is 0 Å². The molecule has 0 bridgehead atoms. The van der Waals surface area contributed by atoms with Crippen LogP contribution in [0.1, 0.15) is 60.2 Å². The molecule has 5 nitrogen and oxygen atoms in total. The van der Waals surface area contributed by atoms with Gasteiger partial charge in [0.2, 0.25) is 0 Å². The van der Waals surface area contributed by atoms with Gasteiger partial charge in [-0.3, -0.25) is 9.58 Å². The Balaban J connectivity index is 1.62. The normalized spacial score (nSPS) is 21.3. The van der Waals surface area contributed by atoms with Crippen LogP contribution in [-0.4, -0.2) is 30.8 Å². The first-order valence-electron chi connectivity index (χ1n) is 9.22. The summed E-state index contributed by atoms with van der Waals surface area (Å²) in [6.45, 7) is 1.04. The lowest BCUT2D eigenvalue weighted by atomic mass is 10.0. The number of fused-ring (bicyclic) bond motifs is 1. The Morgan fingerprint density at radius 3 is 2.65 bits per heavy atom. The number of aromatic nitrogens is 4. The van der Waals surface area contributed by atoms with Crippen LogP contribution in [-0.2, 0) is 39.7 Å². The Morgan fingerprint density at radius 2 is 1.92 bits per heavy atom. The number of nitrogens with zero attached hydrogens (tertiary/aromatic N) is 5. The fourth-order valence-corrected chi connectivity index (χ4v) is 4.50. The second-order valence-electron chi connectivity index (χ2n) is 7.40. The fourth-order valence-electron chi connectivity index (χ4n) is 4.50. The molecule has 2 aromatic heterocycles. The van der Waals surface area contributed by atoms with Crippen LogP contribution in [0.25, 0.3) is 0 Å². The van der Waals surface area contributed by atoms with Crippen LogP contribution in [0.2, 0.25) is 0 Å². The highest BCUT2D eigenvalue weighted by atomic mass is 19.4. The third-order valence-corrected chi connectivity index (χ3v) is 5.73. The molecular formula is C18H24F3N5. The third-order valence-electron chi connectivity index (χ3n) is 5.73. The van der Waals surface area contributed by atoms with E-state index in [1.807, 2.05) is 7.05 Å². The lowest BCUT2D eigenvalue weighted by Crippen LogP contribution is -2.26. The van der Waals surface area contributed by atoms with Gasteiger partial charge in [0.25, 0.3) is 0 Å². The molecular weight excluding hydrogens is 343 g/mol. The number of likely N-dealkylation sites (tertiary alicyclic amines) is 1. The molecule has 142 valence electrons. The zero-order valence-corrected chi connectivity index (χ0v) is 15.2. The molecule has 2 aromatic rings. The van der Waals surface area contributed by atoms with E-state index in [4.69, 9.17) is 4.98 Å². The lowest BCUT2D eigenvalue weighted by Gasteiger charge is -2.24. The minimum Gasteiger partial charge on any atom is -0.334 e. The fraction of sp³-hybridized carbons (Fsp3) is 0.667. The van der Waals surface area contributed by atoms with Crippen LogP contribution in [0.15, 0.2) is 6.20 Å². The molecule has 0 spiro atoms. The number of halogens is 3. The summed E-state index contributed by atoms with van der Waals surface area (Å²) in [7, 11) is 3.40. The van der Waals surface area contributed by atoms with Gasteiger partial charge in [-0.25, -0.2) is 4.98 Å². The molecule has 0 saturated carbocycles. The van der Waals surface area contributed by atoms with Crippen molar-refractivity contribution in [1.82, 2.24) is 24.2 Å². The number of aryl methyl sites for hydroxylation is 2. The SMILES string of the molecule is Cn1ncc(CN2CCC[C@@H]2c2nc3c(n2C)CCCC3)c1C(F)(F)F. The van der Waals surface area contributed by atoms with Gasteiger partial charge in [-0.2, -0.15) is 18.3 Å². The number of hydrogen-bond donors (Lipinski definition) is 0. The van der Waals surface area contributed by atoms with Crippen molar-refractivity contribution in [3.05, 3.63) is 34.7 Å². The van der Waals surface area contributed by atoms with E-state index in [9.17, 15) is 13.2 Å². The number of imidazole rings is 1. The Kier molecular flexibility index (Phi) is 4.33. The smallest absolute Gasteiger partial charge is 0.334 e. The number of hydrogen-bond acceptors (Lipinski definition) is 3. The topological polar surface area (TPSA) is 38.9 Å². The average Bonchev–Trinajstić information content (AvgIpc) is 3.26. The Bertz CT molecular complexity index is 805. The van der Waals surface area contributed by atoms with Crippen molar-refractivity contribution in [2.75, 3.05) is 6.54 Å². The van der Waals surface area contributed by atoms with E-state index in [1.54, 1.807) is 0 Å². The van der Waals surface area contributed by atoms with Gasteiger partial charge in [0, 0.05) is 31.9 Å². The number of alkyl halides is 3. The average molecular weight is 367 g/mol. The van der Waals surface area contributed by atoms with Gasteiger partial charge in [-0.1, -0.05) is 0 Å². The monoisotopic (exact) mass is 367 g/mol. The third kappa shape index (κ3) is 2.94. The minimum atomic E-state index is -4.39. The van der Waals surface area contributed by atoms with E-state index in [0.29, 0.717) is 0 Å². The van der Waals surface area contributed by atoms with Crippen molar-refractivity contribution in [2.24, 2.45) is 14.1 Å². The summed E-state index contributed by atoms with van der Waals surface area (Å²) >= 11 is 0. The van der Waals surface area contributed by atoms with Crippen molar-refractivity contribution in [3.8, 4) is 0 Å². The molecule has 4 rings (SSSR count). The molecule has 8 heteroatoms. The van der Waals surface area contributed by atoms with Gasteiger partial charge in [-0.15, -0.1) is 0 Å². The largest absolute Gasteiger partial charge is 0.433 e. The van der Waals surface area contributed by atoms with Crippen molar-refractivity contribution in [1.29, 1.82) is 0 Å². The van der Waals surface area contributed by atoms with Gasteiger partial charge in [0.15, 0.2) is 0 Å². The van der Waals surface area contributed by atoms with E-state index < -0.39 is 11.9 Å². The highest BCUT2D eigenvalue weighted by Crippen LogP contribution is 2.37. The van der Waals surface area contributed by atoms with Crippen LogP contribution in [0.3, 0.4) is 0 Å². The van der Waals surface area contributed by atoms with Gasteiger partial charge >= 0.3 is 6.18 Å². The first kappa shape index (κ1) is 17.6. The van der Waals surface area contributed by atoms with Crippen LogP contribution < -0.4 is 0 Å². The van der Waals surface area contributed by atoms with Crippen molar-refractivity contribution < 1.29 is 13.2 Å². The quantitative estimate of drug-likeness (QED) is 0.835. The van der Waals surface area contributed by atoms with Crippen molar-refractivity contribution in [2.45, 2.75) is 57.3 Å². The van der Waals surface area contributed by atoms with E-state index in [-0.39, 0.29) is 18.2 Å². The highest BCUT2D eigenvalue weighted by molar-refractivity contribution is 5.24. The maximum atomic E-state index is 13.4. The molecule has 1 aliphatic carbocycles. The Labute approximate surface area is 150 Å². The summed E-state index contributed by atoms with van der Waals surface area (Å²) in [4.78, 5) is 7.00. The van der Waals surface area contributed by atoms with E-state index in [2.05, 4.69) is 14.6 Å². The summed E-state index contributed by atoms with van der Waals surface area (Å²) in [6, 6.07) is 0.0758. The van der Waals surface area contributed by atoms with Crippen LogP contribution in [0.5, 0.6) is 0 Å². The zero-order valence-electron chi connectivity index (χ0n) is 15.2. The second kappa shape index (κ2) is 6.40. The molecule has 3 heterocycles. The maximum absolute atomic E-state index is 13.4. The Hall–Kier alpha value is -1.83. The predicted molar refractivity (Wildman–Crippen MR) is 90.4 cm³/mol. The molecule has 26 heavy (non-hydrogen) atoms. The minimum absolute atomic E-state index is 0.0758. The summed E-state index contributed by atoms with van der Waals surface area (Å²) < 4.78 is 43.2. The second-order valence-corrected chi connectivity index (χ2v) is 7.40. The van der Waals surface area contributed by atoms with E-state index in [0.717, 1.165) is 42.7 Å². The summed E-state index contributed by atoms with van der Waals surface area (Å²) in [6.07, 6.45) is 3.28. The molecule has 0 aromatic carbocycles. The van der Waals surface area contributed by atoms with E-state index >= 15 is 0 Å². The predicted octanol–water partition coefficient (Wildman–Crippen LogP) is 3.39. The van der Waals surface area contributed by atoms with E-state index in [1.165, 1.54) is 37.5 Å². The molecule has 0 radical (unpaired) electrons. The zero-order chi connectivity index (χ0) is 18.5. The van der Waals surface area contributed by atoms with Gasteiger partial charge < -0.3 is 4.57 Å². The first-order chi connectivity index (χ1) is 12.4. The molecule has 0 unspecified atom stereocenters. The molecule has 1 atom stereocenters. The van der Waals surface area contributed by atoms with Gasteiger partial charge in [0.1, 0.15) is 11.5 Å². The van der Waals surface area contributed by atoms with Crippen molar-refractivity contribution >= 4 is 0 Å². The highest BCUT2D eigenvalue weighted by Gasteiger charge is 2.39. The molecule has 1 saturated heterocycles. The standard InChI is InChI=1S/C18H24F3N5/c1-24-14-7-4-3-6-13(14)23-17(24)15-8-5-9-26(15)11-12-10-22-25(2)16(12)18(19,20)21/h10,15H,3-9,11H2,1-2H3/t15-/m1/s1. The molecule has 0 amide bonds. The molecule has 1 fully saturated rings. The summed E-state index contributed by atoms with van der Waals surface area (Å²) in [5.41, 5.74) is 2.07. The molecule has 2 aliphatic rings. The van der Waals surface area contributed by atoms with Gasteiger partial charge in [-0.05, 0) is 45.1 Å². The first-order valence-corrected chi connectivity index (χ1v) is 9.22. The Morgan fingerprint density at radius 1 is 1.15 bits per heavy atom.